The SMILES string of the molecule is CC[C@H]1C[C@@H](C)N1C(=O)c1ccccn1.COC. The lowest BCUT2D eigenvalue weighted by Gasteiger charge is -2.46. The van der Waals surface area contributed by atoms with Crippen molar-refractivity contribution < 1.29 is 9.53 Å². The van der Waals surface area contributed by atoms with Crippen molar-refractivity contribution in [1.29, 1.82) is 0 Å². The summed E-state index contributed by atoms with van der Waals surface area (Å²) in [6, 6.07) is 6.23. The second kappa shape index (κ2) is 7.11. The van der Waals surface area contributed by atoms with Gasteiger partial charge in [0, 0.05) is 32.5 Å². The number of pyridine rings is 1. The normalized spacial score (nSPS) is 21.7. The van der Waals surface area contributed by atoms with Crippen molar-refractivity contribution in [3.05, 3.63) is 30.1 Å². The van der Waals surface area contributed by atoms with Crippen molar-refractivity contribution in [2.75, 3.05) is 14.2 Å². The number of hydrogen-bond acceptors (Lipinski definition) is 3. The fourth-order valence-electron chi connectivity index (χ4n) is 2.19. The first kappa shape index (κ1) is 14.6. The maximum atomic E-state index is 12.1. The number of ether oxygens (including phenoxy) is 1. The topological polar surface area (TPSA) is 42.4 Å². The molecule has 100 valence electrons. The molecule has 1 aromatic heterocycles. The largest absolute Gasteiger partial charge is 0.388 e. The van der Waals surface area contributed by atoms with E-state index in [1.807, 2.05) is 17.0 Å². The number of likely N-dealkylation sites (tertiary alicyclic amines) is 1. The quantitative estimate of drug-likeness (QED) is 0.809. The molecule has 0 N–H and O–H groups in total. The van der Waals surface area contributed by atoms with Crippen LogP contribution in [0.5, 0.6) is 0 Å². The number of hydrogen-bond donors (Lipinski definition) is 0. The summed E-state index contributed by atoms with van der Waals surface area (Å²) >= 11 is 0. The van der Waals surface area contributed by atoms with Crippen LogP contribution < -0.4 is 0 Å². The number of aromatic nitrogens is 1. The molecule has 1 aliphatic rings. The van der Waals surface area contributed by atoms with E-state index >= 15 is 0 Å². The number of amides is 1. The maximum absolute atomic E-state index is 12.1. The van der Waals surface area contributed by atoms with Gasteiger partial charge >= 0.3 is 0 Å². The van der Waals surface area contributed by atoms with Crippen LogP contribution in [0.25, 0.3) is 0 Å². The number of carbonyl (C=O) groups excluding carboxylic acids is 1. The van der Waals surface area contributed by atoms with Crippen molar-refractivity contribution in [2.45, 2.75) is 38.8 Å². The number of carbonyl (C=O) groups is 1. The van der Waals surface area contributed by atoms with E-state index in [1.54, 1.807) is 26.5 Å². The van der Waals surface area contributed by atoms with Gasteiger partial charge in [0.2, 0.25) is 0 Å². The van der Waals surface area contributed by atoms with Gasteiger partial charge in [0.1, 0.15) is 5.69 Å². The van der Waals surface area contributed by atoms with Gasteiger partial charge in [-0.1, -0.05) is 13.0 Å². The van der Waals surface area contributed by atoms with Crippen LogP contribution in [-0.4, -0.2) is 42.1 Å². The Kier molecular flexibility index (Phi) is 5.78. The van der Waals surface area contributed by atoms with Gasteiger partial charge in [-0.05, 0) is 31.9 Å². The first-order valence-electron chi connectivity index (χ1n) is 6.29. The number of rotatable bonds is 2. The van der Waals surface area contributed by atoms with Crippen LogP contribution in [0.1, 0.15) is 37.2 Å². The highest BCUT2D eigenvalue weighted by Crippen LogP contribution is 2.28. The van der Waals surface area contributed by atoms with E-state index in [0.29, 0.717) is 17.8 Å². The van der Waals surface area contributed by atoms with Crippen LogP contribution in [0.15, 0.2) is 24.4 Å². The molecule has 4 heteroatoms. The molecular weight excluding hydrogens is 228 g/mol. The summed E-state index contributed by atoms with van der Waals surface area (Å²) in [7, 11) is 3.25. The van der Waals surface area contributed by atoms with Gasteiger partial charge in [0.15, 0.2) is 0 Å². The van der Waals surface area contributed by atoms with Crippen molar-refractivity contribution in [2.24, 2.45) is 0 Å². The maximum Gasteiger partial charge on any atom is 0.272 e. The molecule has 18 heavy (non-hydrogen) atoms. The number of methoxy groups -OCH3 is 1. The Labute approximate surface area is 109 Å². The predicted octanol–water partition coefficient (Wildman–Crippen LogP) is 2.36. The second-order valence-electron chi connectivity index (χ2n) is 4.48. The van der Waals surface area contributed by atoms with Gasteiger partial charge < -0.3 is 9.64 Å². The molecule has 0 spiro atoms. The molecule has 1 aliphatic heterocycles. The van der Waals surface area contributed by atoms with Crippen LogP contribution in [0, 0.1) is 0 Å². The first-order valence-corrected chi connectivity index (χ1v) is 6.29. The molecule has 0 aliphatic carbocycles. The molecule has 0 saturated carbocycles. The molecule has 1 amide bonds. The van der Waals surface area contributed by atoms with E-state index in [2.05, 4.69) is 23.6 Å². The second-order valence-corrected chi connectivity index (χ2v) is 4.48. The van der Waals surface area contributed by atoms with Gasteiger partial charge in [-0.2, -0.15) is 0 Å². The van der Waals surface area contributed by atoms with Gasteiger partial charge in [0.05, 0.1) is 0 Å². The smallest absolute Gasteiger partial charge is 0.272 e. The zero-order valence-electron chi connectivity index (χ0n) is 11.6. The Morgan fingerprint density at radius 3 is 2.61 bits per heavy atom. The summed E-state index contributed by atoms with van der Waals surface area (Å²) in [5, 5.41) is 0. The van der Waals surface area contributed by atoms with E-state index in [0.717, 1.165) is 12.8 Å². The van der Waals surface area contributed by atoms with Gasteiger partial charge in [-0.3, -0.25) is 9.78 Å². The van der Waals surface area contributed by atoms with Gasteiger partial charge in [-0.25, -0.2) is 0 Å². The zero-order chi connectivity index (χ0) is 13.5. The first-order chi connectivity index (χ1) is 8.65. The third-order valence-corrected chi connectivity index (χ3v) is 3.07. The Balaban J connectivity index is 0.000000492. The molecule has 0 aromatic carbocycles. The summed E-state index contributed by atoms with van der Waals surface area (Å²) in [6.45, 7) is 4.21. The molecule has 1 aromatic rings. The molecule has 1 fully saturated rings. The molecular formula is C14H22N2O2. The molecule has 0 bridgehead atoms. The Bertz CT molecular complexity index is 367. The highest BCUT2D eigenvalue weighted by atomic mass is 16.4. The van der Waals surface area contributed by atoms with Crippen LogP contribution in [-0.2, 0) is 4.74 Å². The molecule has 2 atom stereocenters. The van der Waals surface area contributed by atoms with Crippen molar-refractivity contribution in [3.8, 4) is 0 Å². The molecule has 1 saturated heterocycles. The predicted molar refractivity (Wildman–Crippen MR) is 71.5 cm³/mol. The minimum Gasteiger partial charge on any atom is -0.388 e. The van der Waals surface area contributed by atoms with Crippen LogP contribution in [0.2, 0.25) is 0 Å². The molecule has 2 rings (SSSR count). The van der Waals surface area contributed by atoms with Crippen LogP contribution >= 0.6 is 0 Å². The average molecular weight is 250 g/mol. The third-order valence-electron chi connectivity index (χ3n) is 3.07. The summed E-state index contributed by atoms with van der Waals surface area (Å²) in [6.07, 6.45) is 3.82. The van der Waals surface area contributed by atoms with Gasteiger partial charge in [-0.15, -0.1) is 0 Å². The van der Waals surface area contributed by atoms with Crippen molar-refractivity contribution in [3.63, 3.8) is 0 Å². The number of nitrogens with zero attached hydrogens (tertiary/aromatic N) is 2. The highest BCUT2D eigenvalue weighted by Gasteiger charge is 2.38. The lowest BCUT2D eigenvalue weighted by Crippen LogP contribution is -2.57. The Morgan fingerprint density at radius 1 is 1.50 bits per heavy atom. The Hall–Kier alpha value is -1.42. The Morgan fingerprint density at radius 2 is 2.17 bits per heavy atom. The molecule has 4 nitrogen and oxygen atoms in total. The van der Waals surface area contributed by atoms with E-state index in [4.69, 9.17) is 0 Å². The summed E-state index contributed by atoms with van der Waals surface area (Å²) in [5.74, 6) is 0.0706. The van der Waals surface area contributed by atoms with E-state index in [9.17, 15) is 4.79 Å². The molecule has 0 unspecified atom stereocenters. The monoisotopic (exact) mass is 250 g/mol. The molecule has 0 radical (unpaired) electrons. The van der Waals surface area contributed by atoms with E-state index < -0.39 is 0 Å². The van der Waals surface area contributed by atoms with Crippen LogP contribution in [0.3, 0.4) is 0 Å². The minimum absolute atomic E-state index is 0.0706. The third kappa shape index (κ3) is 3.29. The molecule has 2 heterocycles. The fourth-order valence-corrected chi connectivity index (χ4v) is 2.19. The van der Waals surface area contributed by atoms with Gasteiger partial charge in [0.25, 0.3) is 5.91 Å². The fraction of sp³-hybridized carbons (Fsp3) is 0.571. The van der Waals surface area contributed by atoms with Crippen molar-refractivity contribution >= 4 is 5.91 Å². The van der Waals surface area contributed by atoms with Crippen LogP contribution in [0.4, 0.5) is 0 Å². The zero-order valence-corrected chi connectivity index (χ0v) is 11.6. The summed E-state index contributed by atoms with van der Waals surface area (Å²) in [4.78, 5) is 18.1. The lowest BCUT2D eigenvalue weighted by atomic mass is 9.91. The van der Waals surface area contributed by atoms with Crippen molar-refractivity contribution in [1.82, 2.24) is 9.88 Å². The van der Waals surface area contributed by atoms with E-state index in [-0.39, 0.29) is 5.91 Å². The highest BCUT2D eigenvalue weighted by molar-refractivity contribution is 5.93. The average Bonchev–Trinajstić information content (AvgIpc) is 2.37. The lowest BCUT2D eigenvalue weighted by molar-refractivity contribution is 0.0193. The summed E-state index contributed by atoms with van der Waals surface area (Å²) < 4.78 is 4.25. The summed E-state index contributed by atoms with van der Waals surface area (Å²) in [5.41, 5.74) is 0.558. The standard InChI is InChI=1S/C12H16N2O.C2H6O/c1-3-10-8-9(2)14(10)12(15)11-6-4-5-7-13-11;1-3-2/h4-7,9-10H,3,8H2,1-2H3;1-2H3/t9-,10+;/m1./s1. The minimum atomic E-state index is 0.0706. The van der Waals surface area contributed by atoms with E-state index in [1.165, 1.54) is 0 Å².